The van der Waals surface area contributed by atoms with Crippen LogP contribution >= 0.6 is 23.4 Å². The van der Waals surface area contributed by atoms with Crippen molar-refractivity contribution >= 4 is 51.0 Å². The van der Waals surface area contributed by atoms with Gasteiger partial charge in [-0.3, -0.25) is 14.7 Å². The van der Waals surface area contributed by atoms with Gasteiger partial charge in [0.1, 0.15) is 0 Å². The molecule has 138 valence electrons. The summed E-state index contributed by atoms with van der Waals surface area (Å²) in [5, 5.41) is 2.60. The topological polar surface area (TPSA) is 48.5 Å². The van der Waals surface area contributed by atoms with Crippen molar-refractivity contribution in [1.82, 2.24) is 4.98 Å². The Morgan fingerprint density at radius 2 is 2.04 bits per heavy atom. The van der Waals surface area contributed by atoms with Gasteiger partial charge >= 0.3 is 0 Å². The highest BCUT2D eigenvalue weighted by Gasteiger charge is 2.26. The van der Waals surface area contributed by atoms with Crippen LogP contribution in [0, 0.1) is 0 Å². The molecule has 0 saturated carbocycles. The number of aromatic amines is 1. The van der Waals surface area contributed by atoms with Gasteiger partial charge in [-0.15, -0.1) is 0 Å². The van der Waals surface area contributed by atoms with E-state index in [1.54, 1.807) is 28.8 Å². The number of aryl methyl sites for hydroxylation is 1. The summed E-state index contributed by atoms with van der Waals surface area (Å²) >= 11 is 7.65. The summed E-state index contributed by atoms with van der Waals surface area (Å²) < 4.78 is 0. The first kappa shape index (κ1) is 18.1. The molecule has 1 amide bonds. The summed E-state index contributed by atoms with van der Waals surface area (Å²) in [7, 11) is 0. The Balaban J connectivity index is 1.57. The van der Waals surface area contributed by atoms with Gasteiger partial charge in [0, 0.05) is 34.3 Å². The maximum absolute atomic E-state index is 13.1. The number of aliphatic imine (C=N–C) groups is 1. The fraction of sp³-hybridized carbons (Fsp3) is 0.238. The normalized spacial score (nSPS) is 16.5. The molecule has 0 spiro atoms. The van der Waals surface area contributed by atoms with Crippen molar-refractivity contribution in [3.63, 3.8) is 0 Å². The van der Waals surface area contributed by atoms with Gasteiger partial charge in [-0.25, -0.2) is 0 Å². The van der Waals surface area contributed by atoms with Crippen molar-refractivity contribution in [3.05, 3.63) is 65.3 Å². The third-order valence-electron chi connectivity index (χ3n) is 4.59. The van der Waals surface area contributed by atoms with Crippen molar-refractivity contribution in [1.29, 1.82) is 0 Å². The second-order valence-electron chi connectivity index (χ2n) is 6.64. The number of halogens is 1. The van der Waals surface area contributed by atoms with Gasteiger partial charge in [0.05, 0.1) is 11.7 Å². The number of H-pyrrole nitrogens is 1. The fourth-order valence-electron chi connectivity index (χ4n) is 3.22. The molecule has 0 saturated heterocycles. The number of anilines is 1. The second-order valence-corrected chi connectivity index (χ2v) is 8.06. The molecule has 1 unspecified atom stereocenters. The zero-order valence-corrected chi connectivity index (χ0v) is 16.6. The quantitative estimate of drug-likeness (QED) is 0.651. The van der Waals surface area contributed by atoms with E-state index in [1.165, 1.54) is 5.39 Å². The number of aromatic nitrogens is 1. The smallest absolute Gasteiger partial charge is 0.233 e. The number of thioether (sulfide) groups is 1. The van der Waals surface area contributed by atoms with Crippen LogP contribution < -0.4 is 4.90 Å². The van der Waals surface area contributed by atoms with E-state index in [2.05, 4.69) is 23.0 Å². The van der Waals surface area contributed by atoms with Crippen LogP contribution in [0.1, 0.15) is 18.9 Å². The fourth-order valence-corrected chi connectivity index (χ4v) is 4.41. The van der Waals surface area contributed by atoms with Gasteiger partial charge in [-0.2, -0.15) is 0 Å². The average molecular weight is 398 g/mol. The maximum atomic E-state index is 13.1. The lowest BCUT2D eigenvalue weighted by atomic mass is 10.1. The lowest BCUT2D eigenvalue weighted by molar-refractivity contribution is -0.117. The highest BCUT2D eigenvalue weighted by molar-refractivity contribution is 8.14. The molecule has 0 fully saturated rings. The van der Waals surface area contributed by atoms with Crippen molar-refractivity contribution < 1.29 is 4.79 Å². The number of nitrogens with one attached hydrogen (secondary N) is 1. The van der Waals surface area contributed by atoms with Crippen molar-refractivity contribution in [2.24, 2.45) is 4.99 Å². The summed E-state index contributed by atoms with van der Waals surface area (Å²) in [5.74, 6) is 0.942. The monoisotopic (exact) mass is 397 g/mol. The third-order valence-corrected chi connectivity index (χ3v) is 6.04. The van der Waals surface area contributed by atoms with Crippen LogP contribution in [-0.4, -0.2) is 27.9 Å². The molecule has 2 aromatic carbocycles. The lowest BCUT2D eigenvalue weighted by Crippen LogP contribution is -2.34. The number of rotatable bonds is 4. The predicted octanol–water partition coefficient (Wildman–Crippen LogP) is 5.28. The van der Waals surface area contributed by atoms with Crippen molar-refractivity contribution in [3.8, 4) is 0 Å². The molecule has 0 radical (unpaired) electrons. The second kappa shape index (κ2) is 7.79. The molecular weight excluding hydrogens is 378 g/mol. The molecule has 1 aliphatic rings. The minimum atomic E-state index is 0.0444. The number of carbonyl (C=O) groups is 1. The van der Waals surface area contributed by atoms with Gasteiger partial charge in [-0.1, -0.05) is 41.6 Å². The molecule has 27 heavy (non-hydrogen) atoms. The molecule has 2 heterocycles. The average Bonchev–Trinajstić information content (AvgIpc) is 3.28. The Morgan fingerprint density at radius 3 is 2.78 bits per heavy atom. The number of benzene rings is 2. The van der Waals surface area contributed by atoms with Crippen LogP contribution in [0.4, 0.5) is 5.69 Å². The Hall–Kier alpha value is -2.24. The van der Waals surface area contributed by atoms with Gasteiger partial charge in [0.2, 0.25) is 5.91 Å². The number of fused-ring (bicyclic) bond motifs is 1. The minimum Gasteiger partial charge on any atom is -0.361 e. The largest absolute Gasteiger partial charge is 0.361 e. The molecule has 4 nitrogen and oxygen atoms in total. The number of nitrogens with zero attached hydrogens (tertiary/aromatic N) is 2. The van der Waals surface area contributed by atoms with Crippen LogP contribution in [0.25, 0.3) is 10.9 Å². The van der Waals surface area contributed by atoms with Crippen LogP contribution in [0.2, 0.25) is 5.02 Å². The molecule has 6 heteroatoms. The number of amides is 1. The van der Waals surface area contributed by atoms with Crippen LogP contribution in [-0.2, 0) is 11.2 Å². The Kier molecular flexibility index (Phi) is 5.23. The first-order valence-electron chi connectivity index (χ1n) is 8.96. The highest BCUT2D eigenvalue weighted by atomic mass is 35.5. The van der Waals surface area contributed by atoms with Gasteiger partial charge in [-0.05, 0) is 49.2 Å². The van der Waals surface area contributed by atoms with Gasteiger partial charge < -0.3 is 4.98 Å². The van der Waals surface area contributed by atoms with E-state index in [4.69, 9.17) is 11.6 Å². The third kappa shape index (κ3) is 3.89. The molecule has 1 N–H and O–H groups in total. The number of carbonyl (C=O) groups excluding carboxylic acids is 1. The zero-order valence-electron chi connectivity index (χ0n) is 15.0. The van der Waals surface area contributed by atoms with E-state index in [0.717, 1.165) is 27.7 Å². The van der Waals surface area contributed by atoms with Crippen LogP contribution in [0.3, 0.4) is 0 Å². The summed E-state index contributed by atoms with van der Waals surface area (Å²) in [6, 6.07) is 15.7. The lowest BCUT2D eigenvalue weighted by Gasteiger charge is -2.22. The van der Waals surface area contributed by atoms with Crippen LogP contribution in [0.15, 0.2) is 59.7 Å². The van der Waals surface area contributed by atoms with Crippen LogP contribution in [0.5, 0.6) is 0 Å². The summed E-state index contributed by atoms with van der Waals surface area (Å²) in [6.45, 7) is 2.07. The molecule has 3 aromatic rings. The van der Waals surface area contributed by atoms with E-state index < -0.39 is 0 Å². The van der Waals surface area contributed by atoms with E-state index in [-0.39, 0.29) is 11.9 Å². The zero-order chi connectivity index (χ0) is 18.8. The molecular formula is C21H20ClN3OS. The highest BCUT2D eigenvalue weighted by Crippen LogP contribution is 2.28. The Bertz CT molecular complexity index is 996. The van der Waals surface area contributed by atoms with E-state index in [9.17, 15) is 4.79 Å². The van der Waals surface area contributed by atoms with E-state index in [0.29, 0.717) is 17.9 Å². The molecule has 1 aromatic heterocycles. The Labute approximate surface area is 167 Å². The van der Waals surface area contributed by atoms with Crippen molar-refractivity contribution in [2.75, 3.05) is 10.7 Å². The maximum Gasteiger partial charge on any atom is 0.233 e. The number of amidine groups is 1. The van der Waals surface area contributed by atoms with Gasteiger partial charge in [0.25, 0.3) is 0 Å². The predicted molar refractivity (Wildman–Crippen MR) is 115 cm³/mol. The molecule has 4 rings (SSSR count). The van der Waals surface area contributed by atoms with E-state index in [1.807, 2.05) is 36.5 Å². The van der Waals surface area contributed by atoms with E-state index >= 15 is 0 Å². The summed E-state index contributed by atoms with van der Waals surface area (Å²) in [6.07, 6.45) is 3.09. The number of hydrogen-bond acceptors (Lipinski definition) is 3. The number of para-hydroxylation sites is 1. The first-order valence-corrected chi connectivity index (χ1v) is 10.3. The van der Waals surface area contributed by atoms with Gasteiger partial charge in [0.15, 0.2) is 5.17 Å². The Morgan fingerprint density at radius 1 is 1.26 bits per heavy atom. The number of hydrogen-bond donors (Lipinski definition) is 1. The first-order chi connectivity index (χ1) is 13.1. The standard InChI is InChI=1S/C21H20ClN3OS/c1-14-13-27-21(24-14)25(17-9-7-16(22)8-10-17)20(26)11-6-15-12-23-19-5-3-2-4-18(15)19/h2-5,7-10,12,14,23H,6,11,13H2,1H3. The minimum absolute atomic E-state index is 0.0444. The summed E-state index contributed by atoms with van der Waals surface area (Å²) in [5.41, 5.74) is 3.06. The molecule has 1 atom stereocenters. The molecule has 0 bridgehead atoms. The molecule has 1 aliphatic heterocycles. The summed E-state index contributed by atoms with van der Waals surface area (Å²) in [4.78, 5) is 22.8. The molecule has 0 aliphatic carbocycles. The van der Waals surface area contributed by atoms with Crippen molar-refractivity contribution in [2.45, 2.75) is 25.8 Å². The SMILES string of the molecule is CC1CSC(N(C(=O)CCc2c[nH]c3ccccc23)c2ccc(Cl)cc2)=N1.